The van der Waals surface area contributed by atoms with Crippen molar-refractivity contribution in [3.63, 3.8) is 0 Å². The molecule has 88 valence electrons. The minimum atomic E-state index is -0.147. The Morgan fingerprint density at radius 1 is 1.00 bits per heavy atom. The highest BCUT2D eigenvalue weighted by Gasteiger charge is 2.02. The summed E-state index contributed by atoms with van der Waals surface area (Å²) in [7, 11) is 0. The Bertz CT molecular complexity index is 735. The van der Waals surface area contributed by atoms with Crippen LogP contribution in [0, 0.1) is 0 Å². The zero-order chi connectivity index (χ0) is 12.4. The molecule has 0 radical (unpaired) electrons. The van der Waals surface area contributed by atoms with Crippen LogP contribution in [0.1, 0.15) is 0 Å². The van der Waals surface area contributed by atoms with Crippen LogP contribution in [0.15, 0.2) is 59.7 Å². The van der Waals surface area contributed by atoms with Crippen molar-refractivity contribution < 1.29 is 4.74 Å². The van der Waals surface area contributed by atoms with Gasteiger partial charge in [-0.05, 0) is 24.3 Å². The highest BCUT2D eigenvalue weighted by atomic mass is 16.5. The van der Waals surface area contributed by atoms with Gasteiger partial charge in [0.2, 0.25) is 0 Å². The number of nitrogens with one attached hydrogen (secondary N) is 1. The molecule has 4 nitrogen and oxygen atoms in total. The molecule has 18 heavy (non-hydrogen) atoms. The number of rotatable bonds is 2. The van der Waals surface area contributed by atoms with E-state index in [1.54, 1.807) is 18.2 Å². The minimum Gasteiger partial charge on any atom is -0.457 e. The predicted molar refractivity (Wildman–Crippen MR) is 68.9 cm³/mol. The van der Waals surface area contributed by atoms with E-state index >= 15 is 0 Å². The van der Waals surface area contributed by atoms with Crippen LogP contribution in [0.5, 0.6) is 11.5 Å². The number of H-pyrrole nitrogens is 1. The van der Waals surface area contributed by atoms with E-state index in [4.69, 9.17) is 4.74 Å². The first kappa shape index (κ1) is 10.5. The summed E-state index contributed by atoms with van der Waals surface area (Å²) in [5.41, 5.74) is 0.471. The lowest BCUT2D eigenvalue weighted by molar-refractivity contribution is 0.483. The Balaban J connectivity index is 2.02. The average molecular weight is 238 g/mol. The Kier molecular flexibility index (Phi) is 2.53. The summed E-state index contributed by atoms with van der Waals surface area (Å²) in [5, 5.41) is 0.554. The van der Waals surface area contributed by atoms with Gasteiger partial charge in [0.15, 0.2) is 0 Å². The number of nitrogens with zero attached hydrogens (tertiary/aromatic N) is 1. The Labute approximate surface area is 103 Å². The first-order valence-electron chi connectivity index (χ1n) is 5.53. The highest BCUT2D eigenvalue weighted by Crippen LogP contribution is 2.22. The summed E-state index contributed by atoms with van der Waals surface area (Å²) >= 11 is 0. The lowest BCUT2D eigenvalue weighted by Gasteiger charge is -2.05. The molecule has 0 bridgehead atoms. The van der Waals surface area contributed by atoms with Gasteiger partial charge < -0.3 is 9.72 Å². The third-order valence-corrected chi connectivity index (χ3v) is 2.59. The largest absolute Gasteiger partial charge is 0.457 e. The van der Waals surface area contributed by atoms with Crippen molar-refractivity contribution in [1.29, 1.82) is 0 Å². The SMILES string of the molecule is O=c1[nH]cnc2cc(Oc3ccccc3)ccc12. The van der Waals surface area contributed by atoms with Crippen molar-refractivity contribution >= 4 is 10.9 Å². The molecule has 0 spiro atoms. The topological polar surface area (TPSA) is 55.0 Å². The molecule has 2 aromatic carbocycles. The van der Waals surface area contributed by atoms with Crippen LogP contribution < -0.4 is 10.3 Å². The van der Waals surface area contributed by atoms with E-state index < -0.39 is 0 Å². The second kappa shape index (κ2) is 4.33. The van der Waals surface area contributed by atoms with Gasteiger partial charge >= 0.3 is 0 Å². The van der Waals surface area contributed by atoms with Gasteiger partial charge in [0.25, 0.3) is 5.56 Å². The lowest BCUT2D eigenvalue weighted by atomic mass is 10.2. The zero-order valence-corrected chi connectivity index (χ0v) is 9.46. The van der Waals surface area contributed by atoms with E-state index in [2.05, 4.69) is 9.97 Å². The molecule has 0 saturated heterocycles. The molecule has 0 fully saturated rings. The van der Waals surface area contributed by atoms with Crippen LogP contribution in [0.2, 0.25) is 0 Å². The number of para-hydroxylation sites is 1. The molecule has 0 aliphatic carbocycles. The molecular formula is C14H10N2O2. The maximum absolute atomic E-state index is 11.5. The fraction of sp³-hybridized carbons (Fsp3) is 0. The number of fused-ring (bicyclic) bond motifs is 1. The van der Waals surface area contributed by atoms with Gasteiger partial charge in [-0.1, -0.05) is 18.2 Å². The molecule has 1 aromatic heterocycles. The van der Waals surface area contributed by atoms with Crippen LogP contribution >= 0.6 is 0 Å². The molecule has 0 aliphatic heterocycles. The van der Waals surface area contributed by atoms with Crippen molar-refractivity contribution in [3.8, 4) is 11.5 Å². The van der Waals surface area contributed by atoms with Gasteiger partial charge in [-0.3, -0.25) is 4.79 Å². The molecule has 0 atom stereocenters. The Hall–Kier alpha value is -2.62. The van der Waals surface area contributed by atoms with E-state index in [-0.39, 0.29) is 5.56 Å². The van der Waals surface area contributed by atoms with Crippen LogP contribution in [0.4, 0.5) is 0 Å². The van der Waals surface area contributed by atoms with Crippen LogP contribution in [-0.2, 0) is 0 Å². The molecule has 0 amide bonds. The third-order valence-electron chi connectivity index (χ3n) is 2.59. The van der Waals surface area contributed by atoms with E-state index in [9.17, 15) is 4.79 Å². The van der Waals surface area contributed by atoms with Crippen molar-refractivity contribution in [2.45, 2.75) is 0 Å². The second-order valence-electron chi connectivity index (χ2n) is 3.83. The van der Waals surface area contributed by atoms with E-state index in [1.165, 1.54) is 6.33 Å². The van der Waals surface area contributed by atoms with Gasteiger partial charge in [0, 0.05) is 6.07 Å². The number of ether oxygens (including phenoxy) is 1. The summed E-state index contributed by atoms with van der Waals surface area (Å²) in [5.74, 6) is 1.41. The molecule has 4 heteroatoms. The molecule has 1 N–H and O–H groups in total. The average Bonchev–Trinajstić information content (AvgIpc) is 2.40. The lowest BCUT2D eigenvalue weighted by Crippen LogP contribution is -2.05. The van der Waals surface area contributed by atoms with Crippen molar-refractivity contribution in [1.82, 2.24) is 9.97 Å². The summed E-state index contributed by atoms with van der Waals surface area (Å²) < 4.78 is 5.67. The summed E-state index contributed by atoms with van der Waals surface area (Å²) in [6.45, 7) is 0. The second-order valence-corrected chi connectivity index (χ2v) is 3.83. The van der Waals surface area contributed by atoms with E-state index in [0.29, 0.717) is 16.7 Å². The first-order valence-corrected chi connectivity index (χ1v) is 5.53. The smallest absolute Gasteiger partial charge is 0.258 e. The quantitative estimate of drug-likeness (QED) is 0.746. The summed E-state index contributed by atoms with van der Waals surface area (Å²) in [6, 6.07) is 14.7. The van der Waals surface area contributed by atoms with Gasteiger partial charge in [0.05, 0.1) is 17.2 Å². The molecule has 3 aromatic rings. The fourth-order valence-electron chi connectivity index (χ4n) is 1.74. The minimum absolute atomic E-state index is 0.147. The molecule has 0 saturated carbocycles. The van der Waals surface area contributed by atoms with Gasteiger partial charge in [-0.25, -0.2) is 4.98 Å². The van der Waals surface area contributed by atoms with Crippen molar-refractivity contribution in [3.05, 3.63) is 65.2 Å². The Morgan fingerprint density at radius 3 is 2.67 bits per heavy atom. The van der Waals surface area contributed by atoms with Gasteiger partial charge in [-0.15, -0.1) is 0 Å². The van der Waals surface area contributed by atoms with Gasteiger partial charge in [0.1, 0.15) is 11.5 Å². The van der Waals surface area contributed by atoms with Crippen LogP contribution in [0.25, 0.3) is 10.9 Å². The molecule has 0 aliphatic rings. The summed E-state index contributed by atoms with van der Waals surface area (Å²) in [6.07, 6.45) is 1.39. The first-order chi connectivity index (χ1) is 8.83. The standard InChI is InChI=1S/C14H10N2O2/c17-14-12-7-6-11(8-13(12)15-9-16-14)18-10-4-2-1-3-5-10/h1-9H,(H,15,16,17). The van der Waals surface area contributed by atoms with Crippen molar-refractivity contribution in [2.75, 3.05) is 0 Å². The normalized spacial score (nSPS) is 10.4. The van der Waals surface area contributed by atoms with Gasteiger partial charge in [-0.2, -0.15) is 0 Å². The number of hydrogen-bond donors (Lipinski definition) is 1. The molecule has 0 unspecified atom stereocenters. The van der Waals surface area contributed by atoms with Crippen LogP contribution in [-0.4, -0.2) is 9.97 Å². The molecule has 1 heterocycles. The van der Waals surface area contributed by atoms with Crippen LogP contribution in [0.3, 0.4) is 0 Å². The van der Waals surface area contributed by atoms with Crippen molar-refractivity contribution in [2.24, 2.45) is 0 Å². The zero-order valence-electron chi connectivity index (χ0n) is 9.46. The monoisotopic (exact) mass is 238 g/mol. The number of aromatic nitrogens is 2. The molecule has 3 rings (SSSR count). The predicted octanol–water partition coefficient (Wildman–Crippen LogP) is 2.72. The van der Waals surface area contributed by atoms with E-state index in [0.717, 1.165) is 5.75 Å². The van der Waals surface area contributed by atoms with E-state index in [1.807, 2.05) is 30.3 Å². The Morgan fingerprint density at radius 2 is 1.83 bits per heavy atom. The third kappa shape index (κ3) is 1.96. The highest BCUT2D eigenvalue weighted by molar-refractivity contribution is 5.78. The number of aromatic amines is 1. The molecular weight excluding hydrogens is 228 g/mol. The maximum Gasteiger partial charge on any atom is 0.258 e. The maximum atomic E-state index is 11.5. The number of hydrogen-bond acceptors (Lipinski definition) is 3. The number of benzene rings is 2. The summed E-state index contributed by atoms with van der Waals surface area (Å²) in [4.78, 5) is 18.2. The fourth-order valence-corrected chi connectivity index (χ4v) is 1.74.